The van der Waals surface area contributed by atoms with Crippen molar-refractivity contribution in [1.29, 1.82) is 0 Å². The van der Waals surface area contributed by atoms with Crippen LogP contribution in [0.4, 0.5) is 11.4 Å². The smallest absolute Gasteiger partial charge is 0.134 e. The second-order valence-corrected chi connectivity index (χ2v) is 6.36. The lowest BCUT2D eigenvalue weighted by Gasteiger charge is -2.26. The van der Waals surface area contributed by atoms with E-state index in [0.29, 0.717) is 0 Å². The number of nitrogens with zero attached hydrogens (tertiary/aromatic N) is 1. The zero-order valence-electron chi connectivity index (χ0n) is 13.9. The number of hydrogen-bond donors (Lipinski definition) is 0. The molecule has 2 aliphatic rings. The van der Waals surface area contributed by atoms with E-state index in [1.165, 1.54) is 27.7 Å². The number of hydrogen-bond acceptors (Lipinski definition) is 2. The van der Waals surface area contributed by atoms with Gasteiger partial charge in [-0.25, -0.2) is 0 Å². The van der Waals surface area contributed by atoms with Crippen LogP contribution in [-0.4, -0.2) is 0 Å². The average molecular weight is 323 g/mol. The molecule has 120 valence electrons. The van der Waals surface area contributed by atoms with Gasteiger partial charge in [-0.2, -0.15) is 0 Å². The molecule has 5 rings (SSSR count). The number of allylic oxidation sites excluding steroid dienone is 1. The molecule has 0 aliphatic carbocycles. The summed E-state index contributed by atoms with van der Waals surface area (Å²) in [5.74, 6) is 0.914. The van der Waals surface area contributed by atoms with Crippen LogP contribution in [0.5, 0.6) is 5.75 Å². The van der Waals surface area contributed by atoms with Crippen molar-refractivity contribution in [2.45, 2.75) is 6.92 Å². The van der Waals surface area contributed by atoms with Crippen LogP contribution in [0.15, 0.2) is 72.9 Å². The summed E-state index contributed by atoms with van der Waals surface area (Å²) >= 11 is 0. The highest BCUT2D eigenvalue weighted by Gasteiger charge is 2.18. The Morgan fingerprint density at radius 2 is 1.60 bits per heavy atom. The maximum Gasteiger partial charge on any atom is 0.134 e. The molecule has 0 N–H and O–H groups in total. The van der Waals surface area contributed by atoms with E-state index in [-0.39, 0.29) is 0 Å². The minimum atomic E-state index is 0.914. The molecule has 0 unspecified atom stereocenters. The predicted octanol–water partition coefficient (Wildman–Crippen LogP) is 4.24. The predicted molar refractivity (Wildman–Crippen MR) is 103 cm³/mol. The molecule has 0 bridgehead atoms. The van der Waals surface area contributed by atoms with Crippen LogP contribution in [0.25, 0.3) is 23.5 Å². The molecule has 3 aromatic rings. The number of aryl methyl sites for hydroxylation is 1. The van der Waals surface area contributed by atoms with Gasteiger partial charge in [0.05, 0.1) is 11.9 Å². The van der Waals surface area contributed by atoms with Crippen LogP contribution in [0, 0.1) is 6.92 Å². The highest BCUT2D eigenvalue weighted by Crippen LogP contribution is 2.32. The van der Waals surface area contributed by atoms with Crippen LogP contribution in [0.3, 0.4) is 0 Å². The van der Waals surface area contributed by atoms with E-state index in [1.807, 2.05) is 18.4 Å². The van der Waals surface area contributed by atoms with Crippen LogP contribution in [0.2, 0.25) is 0 Å². The van der Waals surface area contributed by atoms with Gasteiger partial charge in [0.1, 0.15) is 5.75 Å². The normalized spacial score (nSPS) is 13.7. The summed E-state index contributed by atoms with van der Waals surface area (Å²) < 4.78 is 5.89. The second-order valence-electron chi connectivity index (χ2n) is 6.36. The zero-order chi connectivity index (χ0) is 16.8. The summed E-state index contributed by atoms with van der Waals surface area (Å²) in [6.45, 7) is 2.14. The van der Waals surface area contributed by atoms with Gasteiger partial charge in [0, 0.05) is 27.9 Å². The number of benzene rings is 3. The first-order valence-corrected chi connectivity index (χ1v) is 8.45. The largest absolute Gasteiger partial charge is 0.464 e. The van der Waals surface area contributed by atoms with Crippen molar-refractivity contribution in [3.05, 3.63) is 88.9 Å². The van der Waals surface area contributed by atoms with Crippen molar-refractivity contribution >= 4 is 23.7 Å². The summed E-state index contributed by atoms with van der Waals surface area (Å²) in [7, 11) is 0. The fourth-order valence-electron chi connectivity index (χ4n) is 3.64. The average Bonchev–Trinajstić information content (AvgIpc) is 2.67. The Labute approximate surface area is 146 Å². The third kappa shape index (κ3) is 2.11. The van der Waals surface area contributed by atoms with Crippen LogP contribution >= 0.6 is 0 Å². The van der Waals surface area contributed by atoms with Gasteiger partial charge in [-0.05, 0) is 42.3 Å². The van der Waals surface area contributed by atoms with Crippen molar-refractivity contribution in [3.8, 4) is 16.9 Å². The minimum Gasteiger partial charge on any atom is -0.464 e. The Balaban J connectivity index is 1.76. The SMILES string of the molecule is Cc1ccccc1N1C=CC=c2c1ccc1c2=COc2ccccc2-1. The van der Waals surface area contributed by atoms with E-state index in [0.717, 1.165) is 16.5 Å². The molecule has 2 aliphatic heterocycles. The van der Waals surface area contributed by atoms with E-state index in [1.54, 1.807) is 0 Å². The topological polar surface area (TPSA) is 12.5 Å². The monoisotopic (exact) mass is 323 g/mol. The summed E-state index contributed by atoms with van der Waals surface area (Å²) in [5.41, 5.74) is 5.99. The quantitative estimate of drug-likeness (QED) is 0.664. The third-order valence-electron chi connectivity index (χ3n) is 4.88. The van der Waals surface area contributed by atoms with Gasteiger partial charge in [0.15, 0.2) is 0 Å². The molecule has 2 heteroatoms. The van der Waals surface area contributed by atoms with Crippen molar-refractivity contribution in [3.63, 3.8) is 0 Å². The molecule has 0 saturated carbocycles. The number of anilines is 2. The third-order valence-corrected chi connectivity index (χ3v) is 4.88. The molecule has 3 aromatic carbocycles. The fraction of sp³-hybridized carbons (Fsp3) is 0.0435. The zero-order valence-corrected chi connectivity index (χ0v) is 13.9. The molecule has 0 spiro atoms. The lowest BCUT2D eigenvalue weighted by molar-refractivity contribution is 0.537. The number of fused-ring (bicyclic) bond motifs is 5. The van der Waals surface area contributed by atoms with Crippen LogP contribution in [0.1, 0.15) is 5.56 Å². The molecule has 0 amide bonds. The van der Waals surface area contributed by atoms with E-state index in [2.05, 4.69) is 78.7 Å². The molecule has 0 aromatic heterocycles. The van der Waals surface area contributed by atoms with Gasteiger partial charge >= 0.3 is 0 Å². The van der Waals surface area contributed by atoms with Gasteiger partial charge in [-0.15, -0.1) is 0 Å². The van der Waals surface area contributed by atoms with Crippen molar-refractivity contribution < 1.29 is 4.74 Å². The summed E-state index contributed by atoms with van der Waals surface area (Å²) in [6.07, 6.45) is 8.26. The van der Waals surface area contributed by atoms with Crippen molar-refractivity contribution in [2.24, 2.45) is 0 Å². The second kappa shape index (κ2) is 5.38. The number of rotatable bonds is 1. The van der Waals surface area contributed by atoms with Gasteiger partial charge in [0.2, 0.25) is 0 Å². The Morgan fingerprint density at radius 1 is 0.760 bits per heavy atom. The van der Waals surface area contributed by atoms with Gasteiger partial charge < -0.3 is 9.64 Å². The lowest BCUT2D eigenvalue weighted by Crippen LogP contribution is -2.35. The summed E-state index contributed by atoms with van der Waals surface area (Å²) in [4.78, 5) is 2.25. The highest BCUT2D eigenvalue weighted by atomic mass is 16.5. The first-order valence-electron chi connectivity index (χ1n) is 8.45. The van der Waals surface area contributed by atoms with Crippen molar-refractivity contribution in [2.75, 3.05) is 4.90 Å². The first kappa shape index (κ1) is 14.1. The van der Waals surface area contributed by atoms with Crippen molar-refractivity contribution in [1.82, 2.24) is 0 Å². The number of ether oxygens (including phenoxy) is 1. The molecule has 0 saturated heterocycles. The molecular weight excluding hydrogens is 306 g/mol. The Kier molecular flexibility index (Phi) is 3.04. The molecule has 25 heavy (non-hydrogen) atoms. The molecular formula is C23H17NO. The molecule has 0 fully saturated rings. The molecule has 0 radical (unpaired) electrons. The van der Waals surface area contributed by atoms with Crippen LogP contribution in [-0.2, 0) is 0 Å². The fourth-order valence-corrected chi connectivity index (χ4v) is 3.64. The van der Waals surface area contributed by atoms with E-state index in [9.17, 15) is 0 Å². The Bertz CT molecular complexity index is 1140. The minimum absolute atomic E-state index is 0.914. The standard InChI is InChI=1S/C23H17NO/c1-16-7-2-4-10-21(16)24-14-6-9-18-20-15-25-23-11-5-3-8-19(23)17(20)12-13-22(18)24/h2-15H,1H3. The lowest BCUT2D eigenvalue weighted by atomic mass is 9.97. The maximum absolute atomic E-state index is 5.89. The molecule has 2 heterocycles. The summed E-state index contributed by atoms with van der Waals surface area (Å²) in [6, 6.07) is 21.0. The van der Waals surface area contributed by atoms with E-state index < -0.39 is 0 Å². The molecule has 2 nitrogen and oxygen atoms in total. The van der Waals surface area contributed by atoms with E-state index >= 15 is 0 Å². The van der Waals surface area contributed by atoms with Gasteiger partial charge in [-0.3, -0.25) is 0 Å². The number of para-hydroxylation sites is 2. The Morgan fingerprint density at radius 3 is 2.52 bits per heavy atom. The van der Waals surface area contributed by atoms with Gasteiger partial charge in [0.25, 0.3) is 0 Å². The summed E-state index contributed by atoms with van der Waals surface area (Å²) in [5, 5.41) is 2.33. The van der Waals surface area contributed by atoms with E-state index in [4.69, 9.17) is 4.74 Å². The maximum atomic E-state index is 5.89. The highest BCUT2D eigenvalue weighted by molar-refractivity contribution is 5.80. The van der Waals surface area contributed by atoms with Crippen LogP contribution < -0.4 is 20.1 Å². The van der Waals surface area contributed by atoms with Gasteiger partial charge in [-0.1, -0.05) is 48.5 Å². The molecule has 0 atom stereocenters. The Hall–Kier alpha value is -3.26. The first-order chi connectivity index (χ1) is 12.3.